The van der Waals surface area contributed by atoms with Crippen LogP contribution in [0, 0.1) is 52.8 Å². The topological polar surface area (TPSA) is 12.9 Å². The lowest BCUT2D eigenvalue weighted by atomic mass is 9.85. The van der Waals surface area contributed by atoms with Crippen LogP contribution >= 0.6 is 0 Å². The summed E-state index contributed by atoms with van der Waals surface area (Å²) in [5, 5.41) is 0. The van der Waals surface area contributed by atoms with Gasteiger partial charge in [0.2, 0.25) is 5.82 Å². The Morgan fingerprint density at radius 1 is 0.710 bits per heavy atom. The maximum atomic E-state index is 13.9. The number of pyridine rings is 1. The van der Waals surface area contributed by atoms with Crippen LogP contribution in [0.4, 0.5) is 22.0 Å². The monoisotopic (exact) mass is 425 g/mol. The van der Waals surface area contributed by atoms with Gasteiger partial charge in [-0.25, -0.2) is 22.0 Å². The Hall–Kier alpha value is -3.64. The summed E-state index contributed by atoms with van der Waals surface area (Å²) in [7, 11) is 0. The minimum absolute atomic E-state index is 0.210. The first-order valence-electron chi connectivity index (χ1n) is 9.19. The maximum Gasteiger partial charge on any atom is 0.200 e. The second-order valence-electron chi connectivity index (χ2n) is 7.70. The van der Waals surface area contributed by atoms with Gasteiger partial charge in [0.05, 0.1) is 0 Å². The van der Waals surface area contributed by atoms with E-state index in [2.05, 4.69) is 28.7 Å². The minimum Gasteiger partial charge on any atom is -0.263 e. The molecule has 156 valence electrons. The number of nitrogens with zero attached hydrogens (tertiary/aromatic N) is 1. The number of rotatable bonds is 0. The average molecular weight is 425 g/mol. The van der Waals surface area contributed by atoms with E-state index in [4.69, 9.17) is 0 Å². The van der Waals surface area contributed by atoms with Gasteiger partial charge in [0, 0.05) is 29.1 Å². The van der Waals surface area contributed by atoms with Gasteiger partial charge in [0.1, 0.15) is 5.56 Å². The largest absolute Gasteiger partial charge is 0.263 e. The van der Waals surface area contributed by atoms with Gasteiger partial charge in [-0.1, -0.05) is 50.5 Å². The van der Waals surface area contributed by atoms with Crippen LogP contribution in [-0.2, 0) is 5.41 Å². The van der Waals surface area contributed by atoms with E-state index in [0.717, 1.165) is 5.56 Å². The Morgan fingerprint density at radius 2 is 1.32 bits per heavy atom. The molecule has 2 aromatic carbocycles. The molecule has 0 saturated heterocycles. The molecule has 0 radical (unpaired) electrons. The molecule has 0 aliphatic rings. The molecule has 0 N–H and O–H groups in total. The van der Waals surface area contributed by atoms with Gasteiger partial charge < -0.3 is 0 Å². The molecule has 0 aliphatic carbocycles. The highest BCUT2D eigenvalue weighted by Crippen LogP contribution is 2.25. The Kier molecular flexibility index (Phi) is 6.13. The van der Waals surface area contributed by atoms with Gasteiger partial charge in [0.25, 0.3) is 0 Å². The number of hydrogen-bond acceptors (Lipinski definition) is 1. The smallest absolute Gasteiger partial charge is 0.200 e. The Balaban J connectivity index is 2.15. The fraction of sp³-hybridized carbons (Fsp3) is 0.160. The van der Waals surface area contributed by atoms with Gasteiger partial charge in [-0.15, -0.1) is 0 Å². The molecule has 1 aromatic heterocycles. The van der Waals surface area contributed by atoms with Gasteiger partial charge >= 0.3 is 0 Å². The third-order valence-electron chi connectivity index (χ3n) is 4.42. The number of benzene rings is 2. The molecule has 0 saturated carbocycles. The van der Waals surface area contributed by atoms with Crippen molar-refractivity contribution < 1.29 is 22.0 Å². The summed E-state index contributed by atoms with van der Waals surface area (Å²) in [6.45, 7) is 6.00. The van der Waals surface area contributed by atoms with Crippen LogP contribution in [0.15, 0.2) is 42.7 Å². The van der Waals surface area contributed by atoms with Crippen LogP contribution in [0.5, 0.6) is 0 Å². The summed E-state index contributed by atoms with van der Waals surface area (Å²) in [5.74, 6) is 0.203. The van der Waals surface area contributed by atoms with Gasteiger partial charge in [0.15, 0.2) is 23.3 Å². The molecule has 0 spiro atoms. The zero-order valence-electron chi connectivity index (χ0n) is 16.9. The highest BCUT2D eigenvalue weighted by molar-refractivity contribution is 5.56. The van der Waals surface area contributed by atoms with Crippen molar-refractivity contribution in [2.24, 2.45) is 0 Å². The van der Waals surface area contributed by atoms with Crippen LogP contribution in [0.3, 0.4) is 0 Å². The van der Waals surface area contributed by atoms with Crippen LogP contribution < -0.4 is 0 Å². The number of halogens is 5. The second kappa shape index (κ2) is 8.62. The molecule has 0 fully saturated rings. The molecule has 0 amide bonds. The van der Waals surface area contributed by atoms with Crippen LogP contribution in [0.1, 0.15) is 48.6 Å². The summed E-state index contributed by atoms with van der Waals surface area (Å²) in [6.07, 6.45) is 3.17. The molecule has 0 atom stereocenters. The fourth-order valence-electron chi connectivity index (χ4n) is 2.64. The first-order chi connectivity index (χ1) is 14.6. The quantitative estimate of drug-likeness (QED) is 0.190. The molecule has 0 bridgehead atoms. The predicted molar refractivity (Wildman–Crippen MR) is 108 cm³/mol. The summed E-state index contributed by atoms with van der Waals surface area (Å²) >= 11 is 0. The molecule has 1 nitrogen and oxygen atoms in total. The van der Waals surface area contributed by atoms with Crippen molar-refractivity contribution in [3.8, 4) is 23.7 Å². The van der Waals surface area contributed by atoms with Gasteiger partial charge in [-0.2, -0.15) is 0 Å². The van der Waals surface area contributed by atoms with Crippen molar-refractivity contribution >= 4 is 0 Å². The van der Waals surface area contributed by atoms with Crippen molar-refractivity contribution in [1.82, 2.24) is 4.98 Å². The predicted octanol–water partition coefficient (Wildman–Crippen LogP) is 5.87. The SMILES string of the molecule is CC(C)(C)c1ccc(C#Cc2c(F)c(F)c(F)c(F)c2F)c(C#Cc2cccnc2)c1. The van der Waals surface area contributed by atoms with E-state index in [-0.39, 0.29) is 11.0 Å². The van der Waals surface area contributed by atoms with E-state index in [9.17, 15) is 22.0 Å². The summed E-state index contributed by atoms with van der Waals surface area (Å²) in [5.41, 5.74) is 0.911. The molecule has 31 heavy (non-hydrogen) atoms. The maximum absolute atomic E-state index is 13.9. The molecule has 3 aromatic rings. The van der Waals surface area contributed by atoms with E-state index in [1.807, 2.05) is 20.8 Å². The molecule has 0 aliphatic heterocycles. The second-order valence-corrected chi connectivity index (χ2v) is 7.70. The third-order valence-corrected chi connectivity index (χ3v) is 4.42. The Labute approximate surface area is 177 Å². The van der Waals surface area contributed by atoms with Crippen molar-refractivity contribution in [3.63, 3.8) is 0 Å². The molecule has 3 rings (SSSR count). The summed E-state index contributed by atoms with van der Waals surface area (Å²) in [4.78, 5) is 3.98. The zero-order chi connectivity index (χ0) is 22.8. The van der Waals surface area contributed by atoms with Crippen LogP contribution in [-0.4, -0.2) is 4.98 Å². The van der Waals surface area contributed by atoms with Crippen molar-refractivity contribution in [2.45, 2.75) is 26.2 Å². The standard InChI is InChI=1S/C25H16F5N/c1-25(2,3)18-10-8-16(17(13-18)7-6-15-5-4-12-31-14-15)9-11-19-20(26)22(28)24(30)23(29)21(19)27/h4-5,8,10,12-14H,1-3H3. The van der Waals surface area contributed by atoms with Crippen LogP contribution in [0.2, 0.25) is 0 Å². The van der Waals surface area contributed by atoms with Crippen molar-refractivity contribution in [2.75, 3.05) is 0 Å². The van der Waals surface area contributed by atoms with E-state index in [0.29, 0.717) is 11.1 Å². The van der Waals surface area contributed by atoms with Crippen molar-refractivity contribution in [1.29, 1.82) is 0 Å². The zero-order valence-corrected chi connectivity index (χ0v) is 16.9. The molecule has 1 heterocycles. The molecular weight excluding hydrogens is 409 g/mol. The number of aromatic nitrogens is 1. The minimum atomic E-state index is -2.22. The third kappa shape index (κ3) is 4.75. The van der Waals surface area contributed by atoms with Gasteiger partial charge in [-0.3, -0.25) is 4.98 Å². The highest BCUT2D eigenvalue weighted by atomic mass is 19.2. The first kappa shape index (κ1) is 22.1. The summed E-state index contributed by atoms with van der Waals surface area (Å²) in [6, 6.07) is 8.64. The fourth-order valence-corrected chi connectivity index (χ4v) is 2.64. The lowest BCUT2D eigenvalue weighted by Gasteiger charge is -2.19. The Morgan fingerprint density at radius 3 is 1.90 bits per heavy atom. The number of hydrogen-bond donors (Lipinski definition) is 0. The first-order valence-corrected chi connectivity index (χ1v) is 9.19. The van der Waals surface area contributed by atoms with Crippen molar-refractivity contribution in [3.05, 3.63) is 99.6 Å². The average Bonchev–Trinajstić information content (AvgIpc) is 2.75. The van der Waals surface area contributed by atoms with E-state index >= 15 is 0 Å². The van der Waals surface area contributed by atoms with E-state index in [1.54, 1.807) is 42.7 Å². The summed E-state index contributed by atoms with van der Waals surface area (Å²) < 4.78 is 68.0. The lowest BCUT2D eigenvalue weighted by Crippen LogP contribution is -2.11. The molecule has 0 unspecified atom stereocenters. The van der Waals surface area contributed by atoms with Crippen LogP contribution in [0.25, 0.3) is 0 Å². The van der Waals surface area contributed by atoms with Gasteiger partial charge in [-0.05, 0) is 35.2 Å². The van der Waals surface area contributed by atoms with E-state index < -0.39 is 34.6 Å². The molecule has 6 heteroatoms. The highest BCUT2D eigenvalue weighted by Gasteiger charge is 2.24. The normalized spacial score (nSPS) is 10.7. The molecular formula is C25H16F5N. The van der Waals surface area contributed by atoms with E-state index in [1.165, 1.54) is 0 Å². The Bertz CT molecular complexity index is 1240. The lowest BCUT2D eigenvalue weighted by molar-refractivity contribution is 0.376.